The molecule has 62 valence electrons. The first-order valence-corrected chi connectivity index (χ1v) is 3.76. The first-order valence-electron chi connectivity index (χ1n) is 3.76. The van der Waals surface area contributed by atoms with Gasteiger partial charge in [-0.25, -0.2) is 0 Å². The van der Waals surface area contributed by atoms with E-state index in [0.29, 0.717) is 0 Å². The van der Waals surface area contributed by atoms with Crippen LogP contribution in [0.1, 0.15) is 12.8 Å². The average Bonchev–Trinajstić information content (AvgIpc) is 2.05. The molecule has 2 atom stereocenters. The van der Waals surface area contributed by atoms with E-state index in [4.69, 9.17) is 5.73 Å². The van der Waals surface area contributed by atoms with Gasteiger partial charge in [0.2, 0.25) is 0 Å². The summed E-state index contributed by atoms with van der Waals surface area (Å²) in [5, 5.41) is 0. The Balaban J connectivity index is 2.50. The first kappa shape index (κ1) is 8.27. The predicted molar refractivity (Wildman–Crippen MR) is 41.9 cm³/mol. The van der Waals surface area contributed by atoms with E-state index in [1.807, 2.05) is 12.2 Å². The Bertz CT molecular complexity index is 177. The van der Waals surface area contributed by atoms with Gasteiger partial charge >= 0.3 is 5.97 Å². The second-order valence-electron chi connectivity index (χ2n) is 2.76. The van der Waals surface area contributed by atoms with Crippen LogP contribution in [0.25, 0.3) is 0 Å². The minimum atomic E-state index is -0.159. The maximum atomic E-state index is 11.0. The van der Waals surface area contributed by atoms with Crippen LogP contribution in [0, 0.1) is 5.92 Å². The molecule has 3 nitrogen and oxygen atoms in total. The molecule has 0 aromatic rings. The highest BCUT2D eigenvalue weighted by atomic mass is 16.5. The van der Waals surface area contributed by atoms with Crippen molar-refractivity contribution in [3.05, 3.63) is 12.2 Å². The number of methoxy groups -OCH3 is 1. The molecule has 1 rings (SSSR count). The largest absolute Gasteiger partial charge is 0.469 e. The van der Waals surface area contributed by atoms with E-state index in [1.54, 1.807) is 0 Å². The molecule has 0 saturated heterocycles. The van der Waals surface area contributed by atoms with Crippen LogP contribution in [0.2, 0.25) is 0 Å². The van der Waals surface area contributed by atoms with Gasteiger partial charge in [-0.1, -0.05) is 12.2 Å². The highest BCUT2D eigenvalue weighted by Crippen LogP contribution is 2.17. The lowest BCUT2D eigenvalue weighted by Crippen LogP contribution is -2.25. The SMILES string of the molecule is COC(=O)C1C=C[C@@H](N)CC1. The van der Waals surface area contributed by atoms with Crippen LogP contribution in [-0.4, -0.2) is 19.1 Å². The topological polar surface area (TPSA) is 52.3 Å². The van der Waals surface area contributed by atoms with Gasteiger partial charge in [0.25, 0.3) is 0 Å². The fraction of sp³-hybridized carbons (Fsp3) is 0.625. The van der Waals surface area contributed by atoms with E-state index >= 15 is 0 Å². The van der Waals surface area contributed by atoms with Gasteiger partial charge in [0.1, 0.15) is 0 Å². The number of esters is 1. The Morgan fingerprint density at radius 3 is 2.73 bits per heavy atom. The summed E-state index contributed by atoms with van der Waals surface area (Å²) in [7, 11) is 1.41. The molecule has 11 heavy (non-hydrogen) atoms. The molecule has 0 heterocycles. The molecular formula is C8H13NO2. The summed E-state index contributed by atoms with van der Waals surface area (Å²) in [6, 6.07) is 0.121. The van der Waals surface area contributed by atoms with Gasteiger partial charge < -0.3 is 10.5 Å². The lowest BCUT2D eigenvalue weighted by molar-refractivity contribution is -0.144. The minimum Gasteiger partial charge on any atom is -0.469 e. The molecule has 2 N–H and O–H groups in total. The minimum absolute atomic E-state index is 0.0696. The maximum Gasteiger partial charge on any atom is 0.312 e. The molecule has 0 radical (unpaired) electrons. The zero-order valence-electron chi connectivity index (χ0n) is 6.62. The molecule has 0 aromatic heterocycles. The summed E-state index contributed by atoms with van der Waals surface area (Å²) >= 11 is 0. The van der Waals surface area contributed by atoms with Crippen molar-refractivity contribution in [2.24, 2.45) is 11.7 Å². The highest BCUT2D eigenvalue weighted by Gasteiger charge is 2.19. The van der Waals surface area contributed by atoms with Crippen molar-refractivity contribution in [2.75, 3.05) is 7.11 Å². The van der Waals surface area contributed by atoms with Crippen molar-refractivity contribution in [1.82, 2.24) is 0 Å². The van der Waals surface area contributed by atoms with Gasteiger partial charge in [-0.15, -0.1) is 0 Å². The second-order valence-corrected chi connectivity index (χ2v) is 2.76. The molecule has 0 aromatic carbocycles. The number of carbonyl (C=O) groups excluding carboxylic acids is 1. The zero-order valence-corrected chi connectivity index (χ0v) is 6.62. The van der Waals surface area contributed by atoms with E-state index in [-0.39, 0.29) is 17.9 Å². The lowest BCUT2D eigenvalue weighted by atomic mass is 9.93. The molecule has 1 aliphatic carbocycles. The summed E-state index contributed by atoms with van der Waals surface area (Å²) in [6.07, 6.45) is 5.38. The normalized spacial score (nSPS) is 30.0. The monoisotopic (exact) mass is 155 g/mol. The molecule has 0 amide bonds. The number of nitrogens with two attached hydrogens (primary N) is 1. The smallest absolute Gasteiger partial charge is 0.312 e. The third-order valence-electron chi connectivity index (χ3n) is 1.91. The van der Waals surface area contributed by atoms with Crippen LogP contribution in [0.15, 0.2) is 12.2 Å². The molecule has 0 aliphatic heterocycles. The molecule has 1 aliphatic rings. The zero-order chi connectivity index (χ0) is 8.27. The van der Waals surface area contributed by atoms with Gasteiger partial charge in [-0.2, -0.15) is 0 Å². The van der Waals surface area contributed by atoms with E-state index < -0.39 is 0 Å². The van der Waals surface area contributed by atoms with Crippen LogP contribution < -0.4 is 5.73 Å². The number of hydrogen-bond acceptors (Lipinski definition) is 3. The Morgan fingerprint density at radius 2 is 2.27 bits per heavy atom. The van der Waals surface area contributed by atoms with Crippen molar-refractivity contribution >= 4 is 5.97 Å². The van der Waals surface area contributed by atoms with E-state index in [0.717, 1.165) is 12.8 Å². The summed E-state index contributed by atoms with van der Waals surface area (Å²) in [4.78, 5) is 11.0. The fourth-order valence-electron chi connectivity index (χ4n) is 1.19. The molecule has 0 saturated carbocycles. The van der Waals surface area contributed by atoms with Crippen LogP contribution in [0.4, 0.5) is 0 Å². The Hall–Kier alpha value is -0.830. The number of hydrogen-bond donors (Lipinski definition) is 1. The Kier molecular flexibility index (Phi) is 2.65. The third-order valence-corrected chi connectivity index (χ3v) is 1.91. The van der Waals surface area contributed by atoms with Crippen LogP contribution in [0.5, 0.6) is 0 Å². The number of rotatable bonds is 1. The van der Waals surface area contributed by atoms with Gasteiger partial charge in [0.15, 0.2) is 0 Å². The molecule has 0 bridgehead atoms. The van der Waals surface area contributed by atoms with Crippen molar-refractivity contribution in [2.45, 2.75) is 18.9 Å². The first-order chi connectivity index (χ1) is 5.24. The quantitative estimate of drug-likeness (QED) is 0.442. The second kappa shape index (κ2) is 3.53. The van der Waals surface area contributed by atoms with Gasteiger partial charge in [-0.05, 0) is 12.8 Å². The van der Waals surface area contributed by atoms with Crippen LogP contribution in [0.3, 0.4) is 0 Å². The Labute approximate surface area is 66.2 Å². The predicted octanol–water partition coefficient (Wildman–Crippen LogP) is 0.453. The molecule has 0 spiro atoms. The van der Waals surface area contributed by atoms with E-state index in [1.165, 1.54) is 7.11 Å². The van der Waals surface area contributed by atoms with E-state index in [2.05, 4.69) is 4.74 Å². The van der Waals surface area contributed by atoms with Crippen molar-refractivity contribution in [1.29, 1.82) is 0 Å². The summed E-state index contributed by atoms with van der Waals surface area (Å²) in [6.45, 7) is 0. The summed E-state index contributed by atoms with van der Waals surface area (Å²) in [5.74, 6) is -0.229. The van der Waals surface area contributed by atoms with Crippen LogP contribution in [-0.2, 0) is 9.53 Å². The lowest BCUT2D eigenvalue weighted by Gasteiger charge is -2.17. The maximum absolute atomic E-state index is 11.0. The molecule has 0 fully saturated rings. The number of ether oxygens (including phenoxy) is 1. The average molecular weight is 155 g/mol. The highest BCUT2D eigenvalue weighted by molar-refractivity contribution is 5.74. The fourth-order valence-corrected chi connectivity index (χ4v) is 1.19. The third kappa shape index (κ3) is 2.05. The van der Waals surface area contributed by atoms with Gasteiger partial charge in [-0.3, -0.25) is 4.79 Å². The van der Waals surface area contributed by atoms with Gasteiger partial charge in [0, 0.05) is 6.04 Å². The Morgan fingerprint density at radius 1 is 1.55 bits per heavy atom. The molecular weight excluding hydrogens is 142 g/mol. The summed E-state index contributed by atoms with van der Waals surface area (Å²) < 4.78 is 4.59. The number of carbonyl (C=O) groups is 1. The standard InChI is InChI=1S/C8H13NO2/c1-11-8(10)6-2-4-7(9)5-3-6/h2,4,6-7H,3,5,9H2,1H3/t6?,7-/m1/s1. The van der Waals surface area contributed by atoms with Crippen molar-refractivity contribution in [3.8, 4) is 0 Å². The van der Waals surface area contributed by atoms with Crippen molar-refractivity contribution < 1.29 is 9.53 Å². The summed E-state index contributed by atoms with van der Waals surface area (Å²) in [5.41, 5.74) is 5.60. The molecule has 1 unspecified atom stereocenters. The molecule has 3 heteroatoms. The van der Waals surface area contributed by atoms with E-state index in [9.17, 15) is 4.79 Å². The van der Waals surface area contributed by atoms with Gasteiger partial charge in [0.05, 0.1) is 13.0 Å². The van der Waals surface area contributed by atoms with Crippen molar-refractivity contribution in [3.63, 3.8) is 0 Å². The van der Waals surface area contributed by atoms with Crippen LogP contribution >= 0.6 is 0 Å².